The van der Waals surface area contributed by atoms with Crippen molar-refractivity contribution < 1.29 is 47.5 Å². The second-order valence-electron chi connectivity index (χ2n) is 10.7. The Kier molecular flexibility index (Phi) is 8.28. The zero-order valence-corrected chi connectivity index (χ0v) is 24.0. The number of carbonyl (C=O) groups excluding carboxylic acids is 2. The molecule has 1 aromatic carbocycles. The van der Waals surface area contributed by atoms with Crippen LogP contribution >= 0.6 is 0 Å². The van der Waals surface area contributed by atoms with Gasteiger partial charge < -0.3 is 42.8 Å². The predicted octanol–water partition coefficient (Wildman–Crippen LogP) is 3.67. The van der Waals surface area contributed by atoms with E-state index in [1.54, 1.807) is 11.0 Å². The minimum absolute atomic E-state index is 0.0128. The Morgan fingerprint density at radius 3 is 2.50 bits per heavy atom. The van der Waals surface area contributed by atoms with Gasteiger partial charge in [0.15, 0.2) is 29.7 Å². The van der Waals surface area contributed by atoms with Crippen LogP contribution in [0.3, 0.4) is 0 Å². The first kappa shape index (κ1) is 28.7. The van der Waals surface area contributed by atoms with Gasteiger partial charge in [0.1, 0.15) is 18.3 Å². The van der Waals surface area contributed by atoms with Crippen molar-refractivity contribution in [3.8, 4) is 17.2 Å². The largest absolute Gasteiger partial charge is 0.492 e. The van der Waals surface area contributed by atoms with E-state index in [0.717, 1.165) is 19.3 Å². The summed E-state index contributed by atoms with van der Waals surface area (Å²) in [7, 11) is 1.48. The first-order valence-electron chi connectivity index (χ1n) is 14.0. The van der Waals surface area contributed by atoms with E-state index >= 15 is 0 Å². The lowest BCUT2D eigenvalue weighted by Gasteiger charge is -2.38. The van der Waals surface area contributed by atoms with Gasteiger partial charge in [-0.1, -0.05) is 0 Å². The minimum atomic E-state index is -0.960. The molecule has 220 valence electrons. The molecule has 1 amide bonds. The number of methoxy groups -OCH3 is 1. The number of nitrogens with zero attached hydrogens (tertiary/aromatic N) is 1. The number of carbonyl (C=O) groups is 2. The van der Waals surface area contributed by atoms with E-state index in [0.29, 0.717) is 42.3 Å². The van der Waals surface area contributed by atoms with Crippen LogP contribution < -0.4 is 14.2 Å². The van der Waals surface area contributed by atoms with E-state index in [-0.39, 0.29) is 24.0 Å². The highest BCUT2D eigenvalue weighted by atomic mass is 16.8. The van der Waals surface area contributed by atoms with Crippen molar-refractivity contribution in [1.82, 2.24) is 4.90 Å². The number of rotatable bonds is 8. The summed E-state index contributed by atoms with van der Waals surface area (Å²) in [5.41, 5.74) is 1.29. The maximum Gasteiger partial charge on any atom is 0.303 e. The molecule has 4 aliphatic rings. The van der Waals surface area contributed by atoms with E-state index in [1.165, 1.54) is 14.0 Å². The van der Waals surface area contributed by atoms with Crippen LogP contribution in [-0.4, -0.2) is 86.9 Å². The molecule has 1 unspecified atom stereocenters. The molecule has 2 fully saturated rings. The molecule has 5 atom stereocenters. The third-order valence-corrected chi connectivity index (χ3v) is 7.58. The lowest BCUT2D eigenvalue weighted by atomic mass is 9.83. The summed E-state index contributed by atoms with van der Waals surface area (Å²) in [5.74, 6) is -0.685. The number of hydrogen-bond donors (Lipinski definition) is 0. The first-order chi connectivity index (χ1) is 19.2. The standard InChI is InChI=1S/C29H39NO10/c1-7-30(8-2)28(32)22-17(13-19-24(26(22)33-6)36-15-35-19)18-14-20(38-21-11-9-10-12-34-21)25-27(23(18)37-16(3)31)40-29(4,5)39-25/h13-14,20-21,23,25,27H,7-12,15H2,1-6H3/t20-,21?,23-,25+,27-/m0/s1. The molecule has 0 bridgehead atoms. The molecule has 11 nitrogen and oxygen atoms in total. The van der Waals surface area contributed by atoms with Gasteiger partial charge in [0.25, 0.3) is 5.91 Å². The van der Waals surface area contributed by atoms with Gasteiger partial charge in [-0.2, -0.15) is 0 Å². The van der Waals surface area contributed by atoms with Crippen LogP contribution in [0.5, 0.6) is 17.2 Å². The molecule has 0 N–H and O–H groups in total. The van der Waals surface area contributed by atoms with Crippen molar-refractivity contribution in [1.29, 1.82) is 0 Å². The maximum atomic E-state index is 14.0. The van der Waals surface area contributed by atoms with Crippen LogP contribution in [0.1, 0.15) is 69.8 Å². The molecule has 0 saturated carbocycles. The van der Waals surface area contributed by atoms with E-state index < -0.39 is 42.5 Å². The summed E-state index contributed by atoms with van der Waals surface area (Å²) >= 11 is 0. The molecule has 11 heteroatoms. The molecular weight excluding hydrogens is 522 g/mol. The quantitative estimate of drug-likeness (QED) is 0.436. The van der Waals surface area contributed by atoms with Crippen LogP contribution in [0.15, 0.2) is 12.1 Å². The molecule has 1 aliphatic carbocycles. The number of fused-ring (bicyclic) bond motifs is 2. The third-order valence-electron chi connectivity index (χ3n) is 7.58. The summed E-state index contributed by atoms with van der Waals surface area (Å²) in [6.07, 6.45) is 1.36. The van der Waals surface area contributed by atoms with E-state index in [9.17, 15) is 9.59 Å². The van der Waals surface area contributed by atoms with Crippen molar-refractivity contribution in [2.75, 3.05) is 33.6 Å². The average Bonchev–Trinajstić information content (AvgIpc) is 3.53. The van der Waals surface area contributed by atoms with Crippen LogP contribution in [0.2, 0.25) is 0 Å². The van der Waals surface area contributed by atoms with Crippen LogP contribution in [0.4, 0.5) is 0 Å². The van der Waals surface area contributed by atoms with E-state index in [4.69, 9.17) is 37.9 Å². The SMILES string of the molecule is CCN(CC)C(=O)c1c(C2=C[C@H](OC3CCCCO3)[C@H]3OC(C)(C)O[C@H]3[C@H]2OC(C)=O)cc2c(c1OC)OCO2. The Hall–Kier alpha value is -2.86. The normalized spacial score (nSPS) is 28.4. The smallest absolute Gasteiger partial charge is 0.303 e. The number of ether oxygens (including phenoxy) is 8. The van der Waals surface area contributed by atoms with Gasteiger partial charge in [-0.05, 0) is 59.1 Å². The van der Waals surface area contributed by atoms with Gasteiger partial charge in [-0.3, -0.25) is 9.59 Å². The number of benzene rings is 1. The average molecular weight is 562 g/mol. The Bertz CT molecular complexity index is 1150. The van der Waals surface area contributed by atoms with Gasteiger partial charge in [-0.25, -0.2) is 0 Å². The van der Waals surface area contributed by atoms with Crippen molar-refractivity contribution >= 4 is 17.4 Å². The van der Waals surface area contributed by atoms with E-state index in [1.807, 2.05) is 33.8 Å². The monoisotopic (exact) mass is 561 g/mol. The summed E-state index contributed by atoms with van der Waals surface area (Å²) in [5, 5.41) is 0. The lowest BCUT2D eigenvalue weighted by molar-refractivity contribution is -0.208. The van der Waals surface area contributed by atoms with Crippen molar-refractivity contribution in [2.45, 2.75) is 90.4 Å². The molecule has 5 rings (SSSR count). The number of esters is 1. The van der Waals surface area contributed by atoms with Gasteiger partial charge in [0.05, 0.1) is 12.7 Å². The minimum Gasteiger partial charge on any atom is -0.492 e. The molecule has 2 saturated heterocycles. The molecule has 40 heavy (non-hydrogen) atoms. The fourth-order valence-electron chi connectivity index (χ4n) is 5.83. The first-order valence-corrected chi connectivity index (χ1v) is 14.0. The predicted molar refractivity (Wildman–Crippen MR) is 142 cm³/mol. The molecule has 3 heterocycles. The second-order valence-corrected chi connectivity index (χ2v) is 10.7. The summed E-state index contributed by atoms with van der Waals surface area (Å²) < 4.78 is 48.1. The van der Waals surface area contributed by atoms with Gasteiger partial charge in [-0.15, -0.1) is 0 Å². The third kappa shape index (κ3) is 5.39. The topological polar surface area (TPSA) is 111 Å². The highest BCUT2D eigenvalue weighted by molar-refractivity contribution is 6.04. The summed E-state index contributed by atoms with van der Waals surface area (Å²) in [6.45, 7) is 10.3. The highest BCUT2D eigenvalue weighted by Gasteiger charge is 2.54. The van der Waals surface area contributed by atoms with Gasteiger partial charge in [0.2, 0.25) is 12.5 Å². The van der Waals surface area contributed by atoms with Crippen LogP contribution in [0.25, 0.3) is 5.57 Å². The Balaban J connectivity index is 1.70. The lowest BCUT2D eigenvalue weighted by Crippen LogP contribution is -2.50. The Morgan fingerprint density at radius 1 is 1.10 bits per heavy atom. The molecular formula is C29H39NO10. The fraction of sp³-hybridized carbons (Fsp3) is 0.655. The van der Waals surface area contributed by atoms with Crippen molar-refractivity contribution in [2.24, 2.45) is 0 Å². The van der Waals surface area contributed by atoms with Gasteiger partial charge in [0, 0.05) is 37.8 Å². The Morgan fingerprint density at radius 2 is 1.85 bits per heavy atom. The van der Waals surface area contributed by atoms with Crippen molar-refractivity contribution in [3.05, 3.63) is 23.3 Å². The second kappa shape index (κ2) is 11.6. The molecule has 3 aliphatic heterocycles. The van der Waals surface area contributed by atoms with Crippen LogP contribution in [0, 0.1) is 0 Å². The van der Waals surface area contributed by atoms with Crippen molar-refractivity contribution in [3.63, 3.8) is 0 Å². The number of amides is 1. The molecule has 1 aromatic rings. The van der Waals surface area contributed by atoms with Gasteiger partial charge >= 0.3 is 5.97 Å². The zero-order valence-electron chi connectivity index (χ0n) is 24.0. The molecule has 0 radical (unpaired) electrons. The summed E-state index contributed by atoms with van der Waals surface area (Å²) in [6, 6.07) is 1.74. The molecule has 0 spiro atoms. The highest BCUT2D eigenvalue weighted by Crippen LogP contribution is 2.50. The maximum absolute atomic E-state index is 14.0. The zero-order chi connectivity index (χ0) is 28.6. The summed E-state index contributed by atoms with van der Waals surface area (Å²) in [4.78, 5) is 28.1. The fourth-order valence-corrected chi connectivity index (χ4v) is 5.83. The molecule has 0 aromatic heterocycles. The Labute approximate surface area is 234 Å². The van der Waals surface area contributed by atoms with Crippen LogP contribution in [-0.2, 0) is 28.5 Å². The van der Waals surface area contributed by atoms with E-state index in [2.05, 4.69) is 0 Å². The number of hydrogen-bond acceptors (Lipinski definition) is 10.